The number of hydrogen-bond acceptors (Lipinski definition) is 2. The van der Waals surface area contributed by atoms with Gasteiger partial charge in [-0.15, -0.1) is 0 Å². The molecule has 1 aromatic carbocycles. The molecule has 2 rings (SSSR count). The zero-order valence-corrected chi connectivity index (χ0v) is 13.2. The Morgan fingerprint density at radius 2 is 1.95 bits per heavy atom. The first-order valence-corrected chi connectivity index (χ1v) is 7.74. The highest BCUT2D eigenvalue weighted by atomic mass is 79.9. The molecule has 106 valence electrons. The highest BCUT2D eigenvalue weighted by Crippen LogP contribution is 2.23. The van der Waals surface area contributed by atoms with Crippen LogP contribution in [0, 0.1) is 0 Å². The average molecular weight is 336 g/mol. The Hall–Kier alpha value is -1.55. The second-order valence-corrected chi connectivity index (χ2v) is 5.47. The number of hydrogen-bond donors (Lipinski definition) is 1. The predicted molar refractivity (Wildman–Crippen MR) is 83.1 cm³/mol. The van der Waals surface area contributed by atoms with E-state index in [1.54, 1.807) is 6.07 Å². The summed E-state index contributed by atoms with van der Waals surface area (Å²) < 4.78 is 5.49. The van der Waals surface area contributed by atoms with E-state index in [0.29, 0.717) is 11.1 Å². The Balaban J connectivity index is 2.19. The fourth-order valence-corrected chi connectivity index (χ4v) is 2.45. The lowest BCUT2D eigenvalue weighted by molar-refractivity contribution is 0.0884. The maximum Gasteiger partial charge on any atom is 0.287 e. The quantitative estimate of drug-likeness (QED) is 0.842. The van der Waals surface area contributed by atoms with Crippen LogP contribution in [0.1, 0.15) is 35.7 Å². The number of carbonyl (C=O) groups excluding carboxylic acids is 1. The van der Waals surface area contributed by atoms with E-state index in [1.165, 1.54) is 0 Å². The minimum atomic E-state index is -0.475. The number of benzene rings is 1. The zero-order chi connectivity index (χ0) is 14.6. The summed E-state index contributed by atoms with van der Waals surface area (Å²) in [6.07, 6.45) is 0.779. The van der Waals surface area contributed by atoms with Crippen LogP contribution in [0.15, 0.2) is 46.9 Å². The van der Waals surface area contributed by atoms with Crippen molar-refractivity contribution in [1.29, 1.82) is 0 Å². The summed E-state index contributed by atoms with van der Waals surface area (Å²) in [4.78, 5) is 12.3. The second kappa shape index (κ2) is 6.27. The van der Waals surface area contributed by atoms with E-state index in [9.17, 15) is 4.79 Å². The summed E-state index contributed by atoms with van der Waals surface area (Å²) in [6, 6.07) is 13.4. The Labute approximate surface area is 127 Å². The molecule has 1 unspecified atom stereocenters. The molecule has 0 aliphatic rings. The van der Waals surface area contributed by atoms with E-state index >= 15 is 0 Å². The molecular formula is C16H18BrNO2. The maximum atomic E-state index is 12.3. The topological polar surface area (TPSA) is 42.2 Å². The van der Waals surface area contributed by atoms with Crippen LogP contribution in [0.3, 0.4) is 0 Å². The number of halogens is 1. The SMILES string of the molecule is CCc1ccc(C(=O)NC(C)(CBr)c2ccccc2)o1. The Bertz CT molecular complexity index is 579. The van der Waals surface area contributed by atoms with E-state index in [-0.39, 0.29) is 5.91 Å². The molecule has 20 heavy (non-hydrogen) atoms. The van der Waals surface area contributed by atoms with Crippen LogP contribution in [-0.4, -0.2) is 11.2 Å². The van der Waals surface area contributed by atoms with Gasteiger partial charge in [-0.05, 0) is 24.6 Å². The van der Waals surface area contributed by atoms with Gasteiger partial charge >= 0.3 is 0 Å². The highest BCUT2D eigenvalue weighted by Gasteiger charge is 2.28. The van der Waals surface area contributed by atoms with Crippen molar-refractivity contribution in [2.45, 2.75) is 25.8 Å². The summed E-state index contributed by atoms with van der Waals surface area (Å²) in [5.74, 6) is 0.968. The molecule has 1 heterocycles. The van der Waals surface area contributed by atoms with Gasteiger partial charge in [-0.3, -0.25) is 4.79 Å². The van der Waals surface area contributed by atoms with Crippen molar-refractivity contribution in [2.75, 3.05) is 5.33 Å². The van der Waals surface area contributed by atoms with Crippen LogP contribution >= 0.6 is 15.9 Å². The van der Waals surface area contributed by atoms with Gasteiger partial charge in [-0.2, -0.15) is 0 Å². The highest BCUT2D eigenvalue weighted by molar-refractivity contribution is 9.09. The van der Waals surface area contributed by atoms with Crippen LogP contribution in [0.2, 0.25) is 0 Å². The summed E-state index contributed by atoms with van der Waals surface area (Å²) in [6.45, 7) is 3.98. The molecule has 0 bridgehead atoms. The van der Waals surface area contributed by atoms with Crippen LogP contribution in [0.4, 0.5) is 0 Å². The van der Waals surface area contributed by atoms with Gasteiger partial charge < -0.3 is 9.73 Å². The lowest BCUT2D eigenvalue weighted by Crippen LogP contribution is -2.44. The molecule has 0 saturated carbocycles. The van der Waals surface area contributed by atoms with Crippen molar-refractivity contribution in [2.24, 2.45) is 0 Å². The first-order chi connectivity index (χ1) is 9.59. The van der Waals surface area contributed by atoms with Gasteiger partial charge in [0.15, 0.2) is 5.76 Å². The second-order valence-electron chi connectivity index (χ2n) is 4.91. The molecule has 0 fully saturated rings. The van der Waals surface area contributed by atoms with Gasteiger partial charge in [-0.25, -0.2) is 0 Å². The molecule has 1 aromatic heterocycles. The smallest absolute Gasteiger partial charge is 0.287 e. The van der Waals surface area contributed by atoms with Crippen LogP contribution < -0.4 is 5.32 Å². The summed E-state index contributed by atoms with van der Waals surface area (Å²) in [5.41, 5.74) is 0.574. The lowest BCUT2D eigenvalue weighted by Gasteiger charge is -2.29. The third-order valence-corrected chi connectivity index (χ3v) is 4.42. The van der Waals surface area contributed by atoms with E-state index in [2.05, 4.69) is 21.2 Å². The number of amides is 1. The standard InChI is InChI=1S/C16H18BrNO2/c1-3-13-9-10-14(20-13)15(19)18-16(2,11-17)12-7-5-4-6-8-12/h4-10H,3,11H2,1-2H3,(H,18,19). The largest absolute Gasteiger partial charge is 0.456 e. The van der Waals surface area contributed by atoms with Gasteiger partial charge in [-0.1, -0.05) is 53.2 Å². The minimum Gasteiger partial charge on any atom is -0.456 e. The number of alkyl halides is 1. The first kappa shape index (κ1) is 14.9. The van der Waals surface area contributed by atoms with Crippen molar-refractivity contribution >= 4 is 21.8 Å². The van der Waals surface area contributed by atoms with Gasteiger partial charge in [0.1, 0.15) is 5.76 Å². The third kappa shape index (κ3) is 3.12. The molecule has 0 aliphatic carbocycles. The van der Waals surface area contributed by atoms with Crippen molar-refractivity contribution in [3.05, 3.63) is 59.5 Å². The zero-order valence-electron chi connectivity index (χ0n) is 11.7. The minimum absolute atomic E-state index is 0.199. The van der Waals surface area contributed by atoms with Crippen molar-refractivity contribution in [3.8, 4) is 0 Å². The molecule has 1 N–H and O–H groups in total. The van der Waals surface area contributed by atoms with Gasteiger partial charge in [0.25, 0.3) is 5.91 Å². The first-order valence-electron chi connectivity index (χ1n) is 6.62. The average Bonchev–Trinajstić information content (AvgIpc) is 2.97. The molecular weight excluding hydrogens is 318 g/mol. The summed E-state index contributed by atoms with van der Waals surface area (Å²) in [5, 5.41) is 3.66. The molecule has 0 aliphatic heterocycles. The van der Waals surface area contributed by atoms with E-state index in [0.717, 1.165) is 17.7 Å². The third-order valence-electron chi connectivity index (χ3n) is 3.30. The molecule has 2 aromatic rings. The van der Waals surface area contributed by atoms with E-state index < -0.39 is 5.54 Å². The normalized spacial score (nSPS) is 13.8. The predicted octanol–water partition coefficient (Wildman–Crippen LogP) is 3.88. The Morgan fingerprint density at radius 3 is 2.50 bits per heavy atom. The Morgan fingerprint density at radius 1 is 1.25 bits per heavy atom. The van der Waals surface area contributed by atoms with Crippen molar-refractivity contribution in [3.63, 3.8) is 0 Å². The van der Waals surface area contributed by atoms with Gasteiger partial charge in [0.2, 0.25) is 0 Å². The number of rotatable bonds is 5. The number of furan rings is 1. The lowest BCUT2D eigenvalue weighted by atomic mass is 9.94. The molecule has 4 heteroatoms. The Kier molecular flexibility index (Phi) is 4.65. The number of carbonyl (C=O) groups is 1. The molecule has 1 amide bonds. The number of nitrogens with one attached hydrogen (secondary N) is 1. The van der Waals surface area contributed by atoms with E-state index in [1.807, 2.05) is 50.2 Å². The maximum absolute atomic E-state index is 12.3. The monoisotopic (exact) mass is 335 g/mol. The molecule has 3 nitrogen and oxygen atoms in total. The van der Waals surface area contributed by atoms with Crippen LogP contribution in [-0.2, 0) is 12.0 Å². The van der Waals surface area contributed by atoms with Crippen LogP contribution in [0.25, 0.3) is 0 Å². The van der Waals surface area contributed by atoms with Gasteiger partial charge in [0, 0.05) is 11.8 Å². The molecule has 1 atom stereocenters. The fraction of sp³-hybridized carbons (Fsp3) is 0.312. The fourth-order valence-electron chi connectivity index (χ4n) is 1.99. The van der Waals surface area contributed by atoms with Crippen LogP contribution in [0.5, 0.6) is 0 Å². The molecule has 0 spiro atoms. The van der Waals surface area contributed by atoms with Crippen molar-refractivity contribution in [1.82, 2.24) is 5.32 Å². The number of aryl methyl sites for hydroxylation is 1. The van der Waals surface area contributed by atoms with Gasteiger partial charge in [0.05, 0.1) is 5.54 Å². The molecule has 0 radical (unpaired) electrons. The summed E-state index contributed by atoms with van der Waals surface area (Å²) >= 11 is 3.48. The summed E-state index contributed by atoms with van der Waals surface area (Å²) in [7, 11) is 0. The van der Waals surface area contributed by atoms with Crippen molar-refractivity contribution < 1.29 is 9.21 Å². The molecule has 0 saturated heterocycles. The van der Waals surface area contributed by atoms with E-state index in [4.69, 9.17) is 4.42 Å².